The molecule has 126 valence electrons. The zero-order valence-electron chi connectivity index (χ0n) is 12.9. The molecule has 0 amide bonds. The van der Waals surface area contributed by atoms with Crippen LogP contribution >= 0.6 is 0 Å². The highest BCUT2D eigenvalue weighted by atomic mass is 16.5. The standard InChI is InChI=1S/C18H18O6/c19-14-12(11-7-4-8-11)13(15(20)17(22)16(14)21)18(23)24-9-10-5-2-1-3-6-10/h1-3,5-6,11,19-22H,4,7-9H2. The molecule has 0 radical (unpaired) electrons. The highest BCUT2D eigenvalue weighted by Gasteiger charge is 2.35. The quantitative estimate of drug-likeness (QED) is 0.390. The van der Waals surface area contributed by atoms with Crippen molar-refractivity contribution in [3.8, 4) is 23.0 Å². The van der Waals surface area contributed by atoms with E-state index in [4.69, 9.17) is 4.74 Å². The summed E-state index contributed by atoms with van der Waals surface area (Å²) in [6.07, 6.45) is 2.36. The average Bonchev–Trinajstić information content (AvgIpc) is 2.55. The lowest BCUT2D eigenvalue weighted by atomic mass is 9.77. The third-order valence-corrected chi connectivity index (χ3v) is 4.36. The van der Waals surface area contributed by atoms with Crippen molar-refractivity contribution < 1.29 is 30.0 Å². The predicted octanol–water partition coefficient (Wildman–Crippen LogP) is 3.13. The van der Waals surface area contributed by atoms with E-state index in [0.717, 1.165) is 24.8 Å². The molecule has 0 heterocycles. The molecule has 0 aliphatic heterocycles. The van der Waals surface area contributed by atoms with Gasteiger partial charge >= 0.3 is 5.97 Å². The van der Waals surface area contributed by atoms with Crippen LogP contribution in [0.5, 0.6) is 23.0 Å². The first-order valence-corrected chi connectivity index (χ1v) is 7.71. The average molecular weight is 330 g/mol. The van der Waals surface area contributed by atoms with E-state index in [0.29, 0.717) is 0 Å². The van der Waals surface area contributed by atoms with Crippen molar-refractivity contribution in [2.24, 2.45) is 0 Å². The number of rotatable bonds is 4. The molecule has 0 saturated heterocycles. The number of hydrogen-bond acceptors (Lipinski definition) is 6. The molecule has 0 unspecified atom stereocenters. The molecular weight excluding hydrogens is 312 g/mol. The van der Waals surface area contributed by atoms with E-state index in [1.54, 1.807) is 24.3 Å². The van der Waals surface area contributed by atoms with Crippen LogP contribution in [0, 0.1) is 0 Å². The molecule has 4 N–H and O–H groups in total. The Labute approximate surface area is 138 Å². The van der Waals surface area contributed by atoms with E-state index in [1.165, 1.54) is 0 Å². The first-order chi connectivity index (χ1) is 11.5. The normalized spacial score (nSPS) is 14.2. The zero-order valence-corrected chi connectivity index (χ0v) is 12.9. The van der Waals surface area contributed by atoms with Crippen molar-refractivity contribution in [1.29, 1.82) is 0 Å². The first kappa shape index (κ1) is 16.0. The Kier molecular flexibility index (Phi) is 4.20. The van der Waals surface area contributed by atoms with Crippen LogP contribution in [0.4, 0.5) is 0 Å². The lowest BCUT2D eigenvalue weighted by molar-refractivity contribution is 0.0465. The van der Waals surface area contributed by atoms with Gasteiger partial charge in [-0.1, -0.05) is 36.8 Å². The molecular formula is C18H18O6. The van der Waals surface area contributed by atoms with Gasteiger partial charge in [-0.2, -0.15) is 0 Å². The molecule has 2 aromatic rings. The number of esters is 1. The molecule has 3 rings (SSSR count). The topological polar surface area (TPSA) is 107 Å². The largest absolute Gasteiger partial charge is 0.504 e. The first-order valence-electron chi connectivity index (χ1n) is 7.71. The van der Waals surface area contributed by atoms with E-state index in [9.17, 15) is 25.2 Å². The minimum absolute atomic E-state index is 0.00831. The lowest BCUT2D eigenvalue weighted by Crippen LogP contribution is -2.16. The maximum Gasteiger partial charge on any atom is 0.342 e. The number of benzene rings is 2. The Morgan fingerprint density at radius 3 is 2.17 bits per heavy atom. The molecule has 1 fully saturated rings. The Balaban J connectivity index is 1.95. The summed E-state index contributed by atoms with van der Waals surface area (Å²) in [5.74, 6) is -4.13. The van der Waals surface area contributed by atoms with E-state index >= 15 is 0 Å². The fourth-order valence-electron chi connectivity index (χ4n) is 2.81. The predicted molar refractivity (Wildman–Crippen MR) is 85.3 cm³/mol. The number of hydrogen-bond donors (Lipinski definition) is 4. The van der Waals surface area contributed by atoms with Crippen LogP contribution in [0.3, 0.4) is 0 Å². The van der Waals surface area contributed by atoms with Gasteiger partial charge in [-0.25, -0.2) is 4.79 Å². The maximum absolute atomic E-state index is 12.4. The maximum atomic E-state index is 12.4. The highest BCUT2D eigenvalue weighted by molar-refractivity contribution is 5.97. The summed E-state index contributed by atoms with van der Waals surface area (Å²) in [4.78, 5) is 12.4. The second kappa shape index (κ2) is 6.31. The molecule has 24 heavy (non-hydrogen) atoms. The van der Waals surface area contributed by atoms with Gasteiger partial charge in [0.25, 0.3) is 0 Å². The van der Waals surface area contributed by atoms with Crippen molar-refractivity contribution in [2.75, 3.05) is 0 Å². The minimum Gasteiger partial charge on any atom is -0.504 e. The van der Waals surface area contributed by atoms with E-state index < -0.39 is 29.0 Å². The number of ether oxygens (including phenoxy) is 1. The van der Waals surface area contributed by atoms with Crippen LogP contribution in [0.25, 0.3) is 0 Å². The summed E-state index contributed by atoms with van der Waals surface area (Å²) in [5, 5.41) is 39.7. The third-order valence-electron chi connectivity index (χ3n) is 4.36. The Bertz CT molecular complexity index is 765. The van der Waals surface area contributed by atoms with Gasteiger partial charge in [-0.05, 0) is 24.3 Å². The summed E-state index contributed by atoms with van der Waals surface area (Å²) in [5.41, 5.74) is 0.610. The van der Waals surface area contributed by atoms with Crippen LogP contribution in [-0.4, -0.2) is 26.4 Å². The molecule has 0 spiro atoms. The number of carbonyl (C=O) groups is 1. The van der Waals surface area contributed by atoms with Crippen molar-refractivity contribution in [3.63, 3.8) is 0 Å². The molecule has 2 aromatic carbocycles. The Morgan fingerprint density at radius 1 is 0.958 bits per heavy atom. The van der Waals surface area contributed by atoms with E-state index in [1.807, 2.05) is 6.07 Å². The number of phenolic OH excluding ortho intramolecular Hbond substituents is 4. The monoisotopic (exact) mass is 330 g/mol. The van der Waals surface area contributed by atoms with Gasteiger partial charge in [-0.15, -0.1) is 0 Å². The zero-order chi connectivity index (χ0) is 17.3. The number of phenols is 4. The van der Waals surface area contributed by atoms with Gasteiger partial charge in [0.1, 0.15) is 12.2 Å². The minimum atomic E-state index is -0.928. The summed E-state index contributed by atoms with van der Waals surface area (Å²) < 4.78 is 5.20. The molecule has 6 heteroatoms. The summed E-state index contributed by atoms with van der Waals surface area (Å²) >= 11 is 0. The van der Waals surface area contributed by atoms with Crippen LogP contribution in [0.15, 0.2) is 30.3 Å². The highest BCUT2D eigenvalue weighted by Crippen LogP contribution is 2.53. The van der Waals surface area contributed by atoms with Gasteiger partial charge in [0.15, 0.2) is 11.5 Å². The Morgan fingerprint density at radius 2 is 1.58 bits per heavy atom. The molecule has 6 nitrogen and oxygen atoms in total. The fraction of sp³-hybridized carbons (Fsp3) is 0.278. The summed E-state index contributed by atoms with van der Waals surface area (Å²) in [7, 11) is 0. The van der Waals surface area contributed by atoms with Crippen LogP contribution in [-0.2, 0) is 11.3 Å². The van der Waals surface area contributed by atoms with Crippen molar-refractivity contribution >= 4 is 5.97 Å². The van der Waals surface area contributed by atoms with Crippen LogP contribution in [0.2, 0.25) is 0 Å². The molecule has 1 aliphatic carbocycles. The second-order valence-corrected chi connectivity index (χ2v) is 5.87. The molecule has 0 atom stereocenters. The molecule has 0 aromatic heterocycles. The van der Waals surface area contributed by atoms with Gasteiger partial charge < -0.3 is 25.2 Å². The fourth-order valence-corrected chi connectivity index (χ4v) is 2.81. The molecule has 0 bridgehead atoms. The third kappa shape index (κ3) is 2.71. The van der Waals surface area contributed by atoms with Crippen molar-refractivity contribution in [2.45, 2.75) is 31.8 Å². The van der Waals surface area contributed by atoms with Crippen LogP contribution in [0.1, 0.15) is 46.7 Å². The lowest BCUT2D eigenvalue weighted by Gasteiger charge is -2.29. The van der Waals surface area contributed by atoms with Crippen molar-refractivity contribution in [1.82, 2.24) is 0 Å². The van der Waals surface area contributed by atoms with Gasteiger partial charge in [-0.3, -0.25) is 0 Å². The van der Waals surface area contributed by atoms with Gasteiger partial charge in [0, 0.05) is 5.56 Å². The smallest absolute Gasteiger partial charge is 0.342 e. The van der Waals surface area contributed by atoms with E-state index in [-0.39, 0.29) is 23.7 Å². The Hall–Kier alpha value is -2.89. The second-order valence-electron chi connectivity index (χ2n) is 5.87. The summed E-state index contributed by atoms with van der Waals surface area (Å²) in [6.45, 7) is -0.00831. The van der Waals surface area contributed by atoms with Crippen LogP contribution < -0.4 is 0 Å². The number of aromatic hydroxyl groups is 4. The summed E-state index contributed by atoms with van der Waals surface area (Å²) in [6, 6.07) is 9.01. The molecule has 1 saturated carbocycles. The van der Waals surface area contributed by atoms with E-state index in [2.05, 4.69) is 0 Å². The SMILES string of the molecule is O=C(OCc1ccccc1)c1c(O)c(O)c(O)c(O)c1C1CCC1. The van der Waals surface area contributed by atoms with Gasteiger partial charge in [0.2, 0.25) is 11.5 Å². The van der Waals surface area contributed by atoms with Crippen molar-refractivity contribution in [3.05, 3.63) is 47.0 Å². The van der Waals surface area contributed by atoms with Gasteiger partial charge in [0.05, 0.1) is 0 Å². The molecule has 1 aliphatic rings. The number of carbonyl (C=O) groups excluding carboxylic acids is 1.